The van der Waals surface area contributed by atoms with Crippen molar-refractivity contribution >= 4 is 23.6 Å². The van der Waals surface area contributed by atoms with E-state index < -0.39 is 35.3 Å². The predicted molar refractivity (Wildman–Crippen MR) is 77.1 cm³/mol. The van der Waals surface area contributed by atoms with E-state index in [1.54, 1.807) is 34.6 Å². The van der Waals surface area contributed by atoms with Gasteiger partial charge in [0, 0.05) is 19.0 Å². The number of esters is 1. The summed E-state index contributed by atoms with van der Waals surface area (Å²) >= 11 is 0. The van der Waals surface area contributed by atoms with Crippen LogP contribution in [0.3, 0.4) is 0 Å². The standard InChI is InChI=1S/C15H23NO6/c1-6-21-13(19)12(18)10-8-16(7-9(2)11(10)17)14(20)22-15(3,4)5/h9-10H,6-8H2,1-5H3. The molecule has 0 bridgehead atoms. The number of piperidine rings is 1. The van der Waals surface area contributed by atoms with Gasteiger partial charge in [-0.05, 0) is 27.7 Å². The molecule has 1 aliphatic heterocycles. The van der Waals surface area contributed by atoms with Crippen LogP contribution in [0.25, 0.3) is 0 Å². The molecular formula is C15H23NO6. The Balaban J connectivity index is 2.86. The summed E-state index contributed by atoms with van der Waals surface area (Å²) in [5.41, 5.74) is -0.678. The highest BCUT2D eigenvalue weighted by Crippen LogP contribution is 2.21. The molecule has 0 N–H and O–H groups in total. The fourth-order valence-electron chi connectivity index (χ4n) is 2.18. The van der Waals surface area contributed by atoms with Crippen molar-refractivity contribution in [3.63, 3.8) is 0 Å². The van der Waals surface area contributed by atoms with Gasteiger partial charge < -0.3 is 14.4 Å². The molecule has 1 amide bonds. The quantitative estimate of drug-likeness (QED) is 0.442. The summed E-state index contributed by atoms with van der Waals surface area (Å²) in [6.07, 6.45) is -0.603. The van der Waals surface area contributed by atoms with E-state index >= 15 is 0 Å². The lowest BCUT2D eigenvalue weighted by molar-refractivity contribution is -0.158. The van der Waals surface area contributed by atoms with Gasteiger partial charge in [-0.3, -0.25) is 9.59 Å². The normalized spacial score (nSPS) is 22.2. The lowest BCUT2D eigenvalue weighted by Crippen LogP contribution is -2.53. The minimum absolute atomic E-state index is 0.0524. The summed E-state index contributed by atoms with van der Waals surface area (Å²) in [4.78, 5) is 49.1. The van der Waals surface area contributed by atoms with E-state index in [9.17, 15) is 19.2 Å². The van der Waals surface area contributed by atoms with E-state index in [4.69, 9.17) is 4.74 Å². The zero-order chi connectivity index (χ0) is 17.1. The van der Waals surface area contributed by atoms with Crippen molar-refractivity contribution in [3.05, 3.63) is 0 Å². The van der Waals surface area contributed by atoms with E-state index in [0.717, 1.165) is 0 Å². The Labute approximate surface area is 129 Å². The minimum Gasteiger partial charge on any atom is -0.460 e. The summed E-state index contributed by atoms with van der Waals surface area (Å²) in [6.45, 7) is 8.43. The SMILES string of the molecule is CCOC(=O)C(=O)C1CN(C(=O)OC(C)(C)C)CC(C)C1=O. The maximum absolute atomic E-state index is 12.1. The molecule has 1 aliphatic rings. The van der Waals surface area contributed by atoms with Crippen molar-refractivity contribution in [2.24, 2.45) is 11.8 Å². The third-order valence-electron chi connectivity index (χ3n) is 3.17. The fraction of sp³-hybridized carbons (Fsp3) is 0.733. The molecule has 0 aliphatic carbocycles. The van der Waals surface area contributed by atoms with E-state index in [0.29, 0.717) is 0 Å². The summed E-state index contributed by atoms with van der Waals surface area (Å²) < 4.78 is 9.89. The number of Topliss-reactive ketones (excluding diaryl/α,β-unsaturated/α-hetero) is 2. The minimum atomic E-state index is -1.18. The zero-order valence-electron chi connectivity index (χ0n) is 13.7. The second kappa shape index (κ2) is 6.89. The van der Waals surface area contributed by atoms with E-state index in [2.05, 4.69) is 4.74 Å². The average Bonchev–Trinajstić information content (AvgIpc) is 2.39. The number of hydrogen-bond acceptors (Lipinski definition) is 6. The Bertz CT molecular complexity index is 479. The van der Waals surface area contributed by atoms with Crippen LogP contribution in [-0.4, -0.2) is 53.8 Å². The molecule has 1 heterocycles. The predicted octanol–water partition coefficient (Wildman–Crippen LogP) is 1.19. The van der Waals surface area contributed by atoms with Gasteiger partial charge in [0.15, 0.2) is 0 Å². The molecule has 0 aromatic heterocycles. The second-order valence-corrected chi connectivity index (χ2v) is 6.33. The first-order valence-corrected chi connectivity index (χ1v) is 7.29. The number of hydrogen-bond donors (Lipinski definition) is 0. The lowest BCUT2D eigenvalue weighted by atomic mass is 9.86. The topological polar surface area (TPSA) is 90.0 Å². The maximum atomic E-state index is 12.1. The van der Waals surface area contributed by atoms with Gasteiger partial charge in [0.25, 0.3) is 5.78 Å². The molecule has 1 fully saturated rings. The number of carbonyl (C=O) groups is 4. The summed E-state index contributed by atoms with van der Waals surface area (Å²) in [5.74, 6) is -4.02. The van der Waals surface area contributed by atoms with Crippen LogP contribution in [0.5, 0.6) is 0 Å². The third kappa shape index (κ3) is 4.54. The fourth-order valence-corrected chi connectivity index (χ4v) is 2.18. The Kier molecular flexibility index (Phi) is 5.68. The first-order valence-electron chi connectivity index (χ1n) is 7.29. The maximum Gasteiger partial charge on any atom is 0.410 e. The van der Waals surface area contributed by atoms with Crippen LogP contribution in [0, 0.1) is 11.8 Å². The van der Waals surface area contributed by atoms with Crippen LogP contribution in [-0.2, 0) is 23.9 Å². The van der Waals surface area contributed by atoms with Crippen molar-refractivity contribution in [1.29, 1.82) is 0 Å². The highest BCUT2D eigenvalue weighted by Gasteiger charge is 2.42. The third-order valence-corrected chi connectivity index (χ3v) is 3.17. The number of ether oxygens (including phenoxy) is 2. The second-order valence-electron chi connectivity index (χ2n) is 6.33. The smallest absolute Gasteiger partial charge is 0.410 e. The molecule has 2 atom stereocenters. The number of ketones is 2. The molecule has 1 rings (SSSR count). The highest BCUT2D eigenvalue weighted by atomic mass is 16.6. The number of likely N-dealkylation sites (tertiary alicyclic amines) is 1. The van der Waals surface area contributed by atoms with E-state index in [-0.39, 0.29) is 25.5 Å². The molecule has 0 spiro atoms. The number of amides is 1. The van der Waals surface area contributed by atoms with Crippen LogP contribution in [0.1, 0.15) is 34.6 Å². The van der Waals surface area contributed by atoms with E-state index in [1.165, 1.54) is 4.90 Å². The van der Waals surface area contributed by atoms with Crippen molar-refractivity contribution < 1.29 is 28.7 Å². The summed E-state index contributed by atoms with van der Waals surface area (Å²) in [5, 5.41) is 0. The number of rotatable bonds is 3. The van der Waals surface area contributed by atoms with Crippen molar-refractivity contribution in [1.82, 2.24) is 4.90 Å². The monoisotopic (exact) mass is 313 g/mol. The molecule has 0 aromatic carbocycles. The van der Waals surface area contributed by atoms with Gasteiger partial charge in [0.05, 0.1) is 6.61 Å². The van der Waals surface area contributed by atoms with Crippen LogP contribution in [0.15, 0.2) is 0 Å². The first-order chi connectivity index (χ1) is 10.1. The van der Waals surface area contributed by atoms with Gasteiger partial charge in [0.1, 0.15) is 17.3 Å². The molecule has 7 heteroatoms. The van der Waals surface area contributed by atoms with Gasteiger partial charge in [-0.2, -0.15) is 0 Å². The van der Waals surface area contributed by atoms with Crippen molar-refractivity contribution in [2.75, 3.05) is 19.7 Å². The average molecular weight is 313 g/mol. The van der Waals surface area contributed by atoms with Gasteiger partial charge in [-0.25, -0.2) is 9.59 Å². The molecule has 124 valence electrons. The zero-order valence-corrected chi connectivity index (χ0v) is 13.7. The molecule has 0 aromatic rings. The molecule has 7 nitrogen and oxygen atoms in total. The van der Waals surface area contributed by atoms with Gasteiger partial charge >= 0.3 is 12.1 Å². The summed E-state index contributed by atoms with van der Waals surface area (Å²) in [6, 6.07) is 0. The van der Waals surface area contributed by atoms with Gasteiger partial charge in [-0.15, -0.1) is 0 Å². The molecule has 0 saturated carbocycles. The Morgan fingerprint density at radius 2 is 1.82 bits per heavy atom. The van der Waals surface area contributed by atoms with Crippen LogP contribution in [0.4, 0.5) is 4.79 Å². The van der Waals surface area contributed by atoms with Gasteiger partial charge in [0.2, 0.25) is 0 Å². The molecule has 1 saturated heterocycles. The largest absolute Gasteiger partial charge is 0.460 e. The lowest BCUT2D eigenvalue weighted by Gasteiger charge is -2.35. The summed E-state index contributed by atoms with van der Waals surface area (Å²) in [7, 11) is 0. The molecule has 2 unspecified atom stereocenters. The first kappa shape index (κ1) is 18.1. The molecule has 0 radical (unpaired) electrons. The van der Waals surface area contributed by atoms with Crippen LogP contribution < -0.4 is 0 Å². The number of nitrogens with zero attached hydrogens (tertiary/aromatic N) is 1. The molecular weight excluding hydrogens is 290 g/mol. The van der Waals surface area contributed by atoms with Crippen LogP contribution >= 0.6 is 0 Å². The van der Waals surface area contributed by atoms with Crippen molar-refractivity contribution in [3.8, 4) is 0 Å². The van der Waals surface area contributed by atoms with Crippen LogP contribution in [0.2, 0.25) is 0 Å². The van der Waals surface area contributed by atoms with Crippen molar-refractivity contribution in [2.45, 2.75) is 40.2 Å². The van der Waals surface area contributed by atoms with Gasteiger partial charge in [-0.1, -0.05) is 6.92 Å². The Morgan fingerprint density at radius 3 is 2.32 bits per heavy atom. The molecule has 22 heavy (non-hydrogen) atoms. The Morgan fingerprint density at radius 1 is 1.23 bits per heavy atom. The van der Waals surface area contributed by atoms with E-state index in [1.807, 2.05) is 0 Å². The number of carbonyl (C=O) groups excluding carboxylic acids is 4. The highest BCUT2D eigenvalue weighted by molar-refractivity contribution is 6.38. The Hall–Kier alpha value is -1.92.